The van der Waals surface area contributed by atoms with Crippen LogP contribution >= 0.6 is 0 Å². The molecule has 1 heterocycles. The largest absolute Gasteiger partial charge is 0.459 e. The lowest BCUT2D eigenvalue weighted by atomic mass is 9.45. The quantitative estimate of drug-likeness (QED) is 0.364. The third-order valence-corrected chi connectivity index (χ3v) is 9.86. The Hall–Kier alpha value is -2.85. The molecular weight excluding hydrogens is 523 g/mol. The number of esters is 3. The number of alkyl halides is 1. The summed E-state index contributed by atoms with van der Waals surface area (Å²) in [5.74, 6) is -4.17. The first-order valence-corrected chi connectivity index (χ1v) is 13.8. The summed E-state index contributed by atoms with van der Waals surface area (Å²) < 4.78 is 46.6. The van der Waals surface area contributed by atoms with Gasteiger partial charge in [0.05, 0.1) is 0 Å². The zero-order chi connectivity index (χ0) is 29.3. The van der Waals surface area contributed by atoms with Crippen molar-refractivity contribution in [2.75, 3.05) is 13.2 Å². The predicted octanol–water partition coefficient (Wildman–Crippen LogP) is 4.05. The van der Waals surface area contributed by atoms with Gasteiger partial charge in [-0.3, -0.25) is 14.4 Å². The van der Waals surface area contributed by atoms with E-state index in [1.165, 1.54) is 13.8 Å². The van der Waals surface area contributed by atoms with Crippen LogP contribution in [0.3, 0.4) is 0 Å². The Balaban J connectivity index is 1.63. The highest BCUT2D eigenvalue weighted by Crippen LogP contribution is 2.70. The molecule has 0 aromatic carbocycles. The van der Waals surface area contributed by atoms with Gasteiger partial charge in [0.25, 0.3) is 0 Å². The highest BCUT2D eigenvalue weighted by atomic mass is 19.1. The maximum absolute atomic E-state index is 18.1. The lowest BCUT2D eigenvalue weighted by Gasteiger charge is -2.62. The van der Waals surface area contributed by atoms with Crippen LogP contribution in [0.2, 0.25) is 0 Å². The Kier molecular flexibility index (Phi) is 6.69. The SMILES string of the molecule is CC(=O)OC1=CC2=CC[C@H]3[C@@H]4CC[C@@]5(OC(C)(C)OCC(=O)OCC5=O)[C@@]4(C)C[C@H](OC(C)=O)[C@]3(F)[C@@]2(C)C=C1. The molecule has 2 saturated carbocycles. The first-order valence-electron chi connectivity index (χ1n) is 13.8. The molecule has 9 nitrogen and oxygen atoms in total. The van der Waals surface area contributed by atoms with Crippen LogP contribution in [0, 0.1) is 22.7 Å². The molecule has 0 bridgehead atoms. The summed E-state index contributed by atoms with van der Waals surface area (Å²) in [5, 5.41) is 0. The van der Waals surface area contributed by atoms with Gasteiger partial charge in [0.15, 0.2) is 18.1 Å². The van der Waals surface area contributed by atoms with E-state index in [0.717, 1.165) is 0 Å². The summed E-state index contributed by atoms with van der Waals surface area (Å²) in [4.78, 5) is 50.0. The standard InChI is InChI=1S/C30H37FO9/c1-17(32)38-20-9-11-27(5)19(13-20)7-8-22-21-10-12-29(23(34)15-36-25(35)16-37-26(3,4)40-29)28(21,6)14-24(30(22,27)31)39-18(2)33/h7,9,11,13,21-22,24H,8,10,12,14-16H2,1-6H3/t21-,22-,24-,27-,28-,29-,30-/m0/s1. The van der Waals surface area contributed by atoms with E-state index in [1.807, 2.05) is 13.0 Å². The highest BCUT2D eigenvalue weighted by Gasteiger charge is 2.76. The lowest BCUT2D eigenvalue weighted by molar-refractivity contribution is -0.296. The minimum absolute atomic E-state index is 0.0112. The van der Waals surface area contributed by atoms with Gasteiger partial charge < -0.3 is 23.7 Å². The Morgan fingerprint density at radius 1 is 1.05 bits per heavy atom. The minimum Gasteiger partial charge on any atom is -0.459 e. The number of Topliss-reactive ketones (excluding diaryl/α,β-unsaturated/α-hetero) is 1. The zero-order valence-electron chi connectivity index (χ0n) is 23.8. The van der Waals surface area contributed by atoms with Crippen LogP contribution in [0.5, 0.6) is 0 Å². The molecule has 1 saturated heterocycles. The van der Waals surface area contributed by atoms with E-state index in [2.05, 4.69) is 0 Å². The molecule has 0 aromatic heterocycles. The van der Waals surface area contributed by atoms with Gasteiger partial charge in [-0.15, -0.1) is 0 Å². The van der Waals surface area contributed by atoms with Crippen molar-refractivity contribution in [2.45, 2.75) is 90.4 Å². The molecule has 0 unspecified atom stereocenters. The van der Waals surface area contributed by atoms with Gasteiger partial charge >= 0.3 is 17.9 Å². The molecule has 0 amide bonds. The smallest absolute Gasteiger partial charge is 0.332 e. The van der Waals surface area contributed by atoms with E-state index in [9.17, 15) is 19.2 Å². The van der Waals surface area contributed by atoms with Crippen LogP contribution in [-0.2, 0) is 42.9 Å². The van der Waals surface area contributed by atoms with Crippen LogP contribution in [0.15, 0.2) is 35.6 Å². The van der Waals surface area contributed by atoms with E-state index in [-0.39, 0.29) is 25.4 Å². The minimum atomic E-state index is -2.03. The monoisotopic (exact) mass is 560 g/mol. The van der Waals surface area contributed by atoms with Gasteiger partial charge in [-0.25, -0.2) is 9.18 Å². The molecule has 5 aliphatic rings. The topological polar surface area (TPSA) is 114 Å². The van der Waals surface area contributed by atoms with Crippen molar-refractivity contribution >= 4 is 23.7 Å². The Morgan fingerprint density at radius 2 is 1.77 bits per heavy atom. The number of ketones is 1. The van der Waals surface area contributed by atoms with Crippen LogP contribution in [0.25, 0.3) is 0 Å². The third kappa shape index (κ3) is 4.09. The molecule has 0 radical (unpaired) electrons. The predicted molar refractivity (Wildman–Crippen MR) is 138 cm³/mol. The summed E-state index contributed by atoms with van der Waals surface area (Å²) in [6.07, 6.45) is 6.73. The summed E-state index contributed by atoms with van der Waals surface area (Å²) in [6.45, 7) is 8.62. The fraction of sp³-hybridized carbons (Fsp3) is 0.667. The van der Waals surface area contributed by atoms with Crippen molar-refractivity contribution in [2.24, 2.45) is 22.7 Å². The first-order chi connectivity index (χ1) is 18.6. The van der Waals surface area contributed by atoms with Crippen molar-refractivity contribution in [3.63, 3.8) is 0 Å². The van der Waals surface area contributed by atoms with Crippen LogP contribution in [-0.4, -0.2) is 60.1 Å². The normalized spacial score (nSPS) is 42.1. The Labute approximate surface area is 233 Å². The van der Waals surface area contributed by atoms with E-state index >= 15 is 4.39 Å². The van der Waals surface area contributed by atoms with Gasteiger partial charge in [-0.1, -0.05) is 19.1 Å². The second-order valence-corrected chi connectivity index (χ2v) is 12.5. The second-order valence-electron chi connectivity index (χ2n) is 12.5. The maximum Gasteiger partial charge on any atom is 0.332 e. The number of ether oxygens (including phenoxy) is 5. The van der Waals surface area contributed by atoms with Gasteiger partial charge in [0.2, 0.25) is 5.78 Å². The number of fused-ring (bicyclic) bond motifs is 6. The van der Waals surface area contributed by atoms with Crippen molar-refractivity contribution in [3.8, 4) is 0 Å². The molecule has 10 heteroatoms. The number of carbonyl (C=O) groups is 4. The van der Waals surface area contributed by atoms with E-state index in [1.54, 1.807) is 39.0 Å². The van der Waals surface area contributed by atoms with Gasteiger partial charge in [-0.05, 0) is 70.1 Å². The fourth-order valence-electron chi connectivity index (χ4n) is 8.14. The maximum atomic E-state index is 18.1. The molecule has 40 heavy (non-hydrogen) atoms. The summed E-state index contributed by atoms with van der Waals surface area (Å²) >= 11 is 0. The van der Waals surface area contributed by atoms with E-state index < -0.39 is 70.2 Å². The molecule has 0 aromatic rings. The number of cyclic esters (lactones) is 1. The van der Waals surface area contributed by atoms with Crippen molar-refractivity contribution in [3.05, 3.63) is 35.6 Å². The number of carbonyl (C=O) groups excluding carboxylic acids is 4. The fourth-order valence-corrected chi connectivity index (χ4v) is 8.14. The molecule has 1 aliphatic heterocycles. The van der Waals surface area contributed by atoms with Crippen LogP contribution < -0.4 is 0 Å². The molecule has 3 fully saturated rings. The molecule has 7 atom stereocenters. The lowest BCUT2D eigenvalue weighted by Crippen LogP contribution is -2.70. The summed E-state index contributed by atoms with van der Waals surface area (Å²) in [6, 6.07) is 0. The molecule has 1 spiro atoms. The molecule has 5 rings (SSSR count). The van der Waals surface area contributed by atoms with Crippen molar-refractivity contribution in [1.29, 1.82) is 0 Å². The number of halogens is 1. The first kappa shape index (κ1) is 28.7. The summed E-state index contributed by atoms with van der Waals surface area (Å²) in [7, 11) is 0. The van der Waals surface area contributed by atoms with E-state index in [4.69, 9.17) is 23.7 Å². The number of hydrogen-bond acceptors (Lipinski definition) is 9. The third-order valence-electron chi connectivity index (χ3n) is 9.86. The van der Waals surface area contributed by atoms with Gasteiger partial charge in [0, 0.05) is 30.6 Å². The zero-order valence-corrected chi connectivity index (χ0v) is 23.8. The number of hydrogen-bond donors (Lipinski definition) is 0. The highest BCUT2D eigenvalue weighted by molar-refractivity contribution is 5.91. The molecule has 4 aliphatic carbocycles. The van der Waals surface area contributed by atoms with Gasteiger partial charge in [-0.2, -0.15) is 0 Å². The van der Waals surface area contributed by atoms with Crippen LogP contribution in [0.4, 0.5) is 4.39 Å². The van der Waals surface area contributed by atoms with Crippen LogP contribution in [0.1, 0.15) is 67.2 Å². The van der Waals surface area contributed by atoms with Crippen molar-refractivity contribution in [1.82, 2.24) is 0 Å². The van der Waals surface area contributed by atoms with Gasteiger partial charge in [0.1, 0.15) is 24.1 Å². The molecular formula is C30H37FO9. The number of rotatable bonds is 2. The Morgan fingerprint density at radius 3 is 2.45 bits per heavy atom. The molecule has 218 valence electrons. The van der Waals surface area contributed by atoms with E-state index in [0.29, 0.717) is 24.2 Å². The number of allylic oxidation sites excluding steroid dienone is 5. The van der Waals surface area contributed by atoms with Crippen molar-refractivity contribution < 1.29 is 47.3 Å². The summed E-state index contributed by atoms with van der Waals surface area (Å²) in [5.41, 5.74) is -5.03. The Bertz CT molecular complexity index is 1250. The second kappa shape index (κ2) is 9.34. The molecule has 0 N–H and O–H groups in total. The average molecular weight is 561 g/mol. The average Bonchev–Trinajstić information content (AvgIpc) is 3.15.